The van der Waals surface area contributed by atoms with Gasteiger partial charge in [0.1, 0.15) is 0 Å². The van der Waals surface area contributed by atoms with Crippen LogP contribution < -0.4 is 4.74 Å². The van der Waals surface area contributed by atoms with Crippen LogP contribution in [-0.4, -0.2) is 29.4 Å². The van der Waals surface area contributed by atoms with E-state index in [0.717, 1.165) is 42.5 Å². The topological polar surface area (TPSA) is 42.4 Å². The van der Waals surface area contributed by atoms with Crippen molar-refractivity contribution in [1.29, 1.82) is 0 Å². The smallest absolute Gasteiger partial charge is 0.254 e. The van der Waals surface area contributed by atoms with E-state index in [-0.39, 0.29) is 11.9 Å². The van der Waals surface area contributed by atoms with Crippen molar-refractivity contribution in [3.05, 3.63) is 59.3 Å². The van der Waals surface area contributed by atoms with Gasteiger partial charge in [-0.25, -0.2) is 4.98 Å². The Hall–Kier alpha value is -2.36. The standard InChI is InChI=1S/C19H22N2O2/c1-14-12-18(23-2)20-13-16(14)17-10-6-7-11-21(17)19(22)15-8-4-3-5-9-15/h3-5,8-9,12-13,17H,6-7,10-11H2,1-2H3. The van der Waals surface area contributed by atoms with Crippen molar-refractivity contribution in [3.8, 4) is 5.88 Å². The van der Waals surface area contributed by atoms with Gasteiger partial charge in [-0.3, -0.25) is 4.79 Å². The molecule has 0 radical (unpaired) electrons. The van der Waals surface area contributed by atoms with Gasteiger partial charge in [-0.2, -0.15) is 0 Å². The number of aryl methyl sites for hydroxylation is 1. The average Bonchev–Trinajstić information content (AvgIpc) is 2.62. The normalized spacial score (nSPS) is 17.8. The molecule has 0 aliphatic carbocycles. The second-order valence-corrected chi connectivity index (χ2v) is 5.96. The molecule has 1 aromatic heterocycles. The third-order valence-corrected chi connectivity index (χ3v) is 4.48. The van der Waals surface area contributed by atoms with Gasteiger partial charge in [0.15, 0.2) is 0 Å². The number of methoxy groups -OCH3 is 1. The zero-order valence-electron chi connectivity index (χ0n) is 13.7. The Labute approximate surface area is 137 Å². The molecule has 1 fully saturated rings. The molecule has 2 aromatic rings. The summed E-state index contributed by atoms with van der Waals surface area (Å²) in [5.74, 6) is 0.716. The molecule has 3 rings (SSSR count). The number of hydrogen-bond acceptors (Lipinski definition) is 3. The lowest BCUT2D eigenvalue weighted by Gasteiger charge is -2.36. The summed E-state index contributed by atoms with van der Waals surface area (Å²) in [5.41, 5.74) is 2.99. The highest BCUT2D eigenvalue weighted by Crippen LogP contribution is 2.34. The molecule has 4 nitrogen and oxygen atoms in total. The van der Waals surface area contributed by atoms with Crippen LogP contribution in [0.4, 0.5) is 0 Å². The van der Waals surface area contributed by atoms with Crippen molar-refractivity contribution < 1.29 is 9.53 Å². The Bertz CT molecular complexity index is 685. The molecule has 0 saturated carbocycles. The summed E-state index contributed by atoms with van der Waals surface area (Å²) < 4.78 is 5.19. The van der Waals surface area contributed by atoms with Gasteiger partial charge >= 0.3 is 0 Å². The van der Waals surface area contributed by atoms with Crippen LogP contribution in [0.2, 0.25) is 0 Å². The highest BCUT2D eigenvalue weighted by Gasteiger charge is 2.29. The predicted molar refractivity (Wildman–Crippen MR) is 89.6 cm³/mol. The maximum Gasteiger partial charge on any atom is 0.254 e. The lowest BCUT2D eigenvalue weighted by atomic mass is 9.93. The summed E-state index contributed by atoms with van der Waals surface area (Å²) in [4.78, 5) is 19.2. The number of amides is 1. The molecule has 0 bridgehead atoms. The minimum absolute atomic E-state index is 0.0925. The van der Waals surface area contributed by atoms with Crippen LogP contribution in [0.3, 0.4) is 0 Å². The number of likely N-dealkylation sites (tertiary alicyclic amines) is 1. The summed E-state index contributed by atoms with van der Waals surface area (Å²) >= 11 is 0. The zero-order valence-corrected chi connectivity index (χ0v) is 13.7. The van der Waals surface area contributed by atoms with Crippen LogP contribution in [0, 0.1) is 6.92 Å². The van der Waals surface area contributed by atoms with E-state index < -0.39 is 0 Å². The average molecular weight is 310 g/mol. The number of aromatic nitrogens is 1. The summed E-state index contributed by atoms with van der Waals surface area (Å²) in [6.07, 6.45) is 5.02. The molecule has 1 atom stereocenters. The quantitative estimate of drug-likeness (QED) is 0.866. The van der Waals surface area contributed by atoms with E-state index in [4.69, 9.17) is 4.74 Å². The van der Waals surface area contributed by atoms with Crippen molar-refractivity contribution in [1.82, 2.24) is 9.88 Å². The maximum atomic E-state index is 12.9. The van der Waals surface area contributed by atoms with Crippen molar-refractivity contribution in [2.24, 2.45) is 0 Å². The van der Waals surface area contributed by atoms with Crippen LogP contribution in [0.15, 0.2) is 42.6 Å². The van der Waals surface area contributed by atoms with Crippen LogP contribution in [0.1, 0.15) is 46.8 Å². The van der Waals surface area contributed by atoms with Crippen molar-refractivity contribution in [2.45, 2.75) is 32.2 Å². The molecule has 1 aliphatic heterocycles. The lowest BCUT2D eigenvalue weighted by molar-refractivity contribution is 0.0610. The summed E-state index contributed by atoms with van der Waals surface area (Å²) in [6.45, 7) is 2.85. The molecular formula is C19H22N2O2. The molecule has 1 aromatic carbocycles. The van der Waals surface area contributed by atoms with Gasteiger partial charge in [0.25, 0.3) is 5.91 Å². The fourth-order valence-corrected chi connectivity index (χ4v) is 3.25. The molecule has 120 valence electrons. The second-order valence-electron chi connectivity index (χ2n) is 5.96. The van der Waals surface area contributed by atoms with Gasteiger partial charge in [0.05, 0.1) is 13.2 Å². The SMILES string of the molecule is COc1cc(C)c(C2CCCCN2C(=O)c2ccccc2)cn1. The molecule has 1 saturated heterocycles. The van der Waals surface area contributed by atoms with Gasteiger partial charge in [0, 0.05) is 24.4 Å². The Morgan fingerprint density at radius 3 is 2.74 bits per heavy atom. The van der Waals surface area contributed by atoms with Gasteiger partial charge in [0.2, 0.25) is 5.88 Å². The third kappa shape index (κ3) is 3.21. The molecule has 0 N–H and O–H groups in total. The molecule has 0 spiro atoms. The highest BCUT2D eigenvalue weighted by molar-refractivity contribution is 5.94. The van der Waals surface area contributed by atoms with E-state index in [1.807, 2.05) is 47.5 Å². The van der Waals surface area contributed by atoms with Crippen molar-refractivity contribution in [2.75, 3.05) is 13.7 Å². The minimum Gasteiger partial charge on any atom is -0.481 e. The van der Waals surface area contributed by atoms with Gasteiger partial charge < -0.3 is 9.64 Å². The van der Waals surface area contributed by atoms with Crippen LogP contribution in [0.25, 0.3) is 0 Å². The molecule has 23 heavy (non-hydrogen) atoms. The van der Waals surface area contributed by atoms with E-state index in [1.54, 1.807) is 7.11 Å². The van der Waals surface area contributed by atoms with E-state index in [1.165, 1.54) is 0 Å². The van der Waals surface area contributed by atoms with Gasteiger partial charge in [-0.15, -0.1) is 0 Å². The first kappa shape index (κ1) is 15.5. The molecular weight excluding hydrogens is 288 g/mol. The molecule has 1 amide bonds. The van der Waals surface area contributed by atoms with E-state index in [2.05, 4.69) is 11.9 Å². The Balaban J connectivity index is 1.91. The number of hydrogen-bond donors (Lipinski definition) is 0. The first-order valence-electron chi connectivity index (χ1n) is 8.07. The zero-order chi connectivity index (χ0) is 16.2. The Morgan fingerprint density at radius 1 is 1.26 bits per heavy atom. The number of nitrogens with zero attached hydrogens (tertiary/aromatic N) is 2. The number of piperidine rings is 1. The molecule has 2 heterocycles. The number of ether oxygens (including phenoxy) is 1. The first-order valence-corrected chi connectivity index (χ1v) is 8.07. The largest absolute Gasteiger partial charge is 0.481 e. The van der Waals surface area contributed by atoms with Gasteiger partial charge in [-0.05, 0) is 49.4 Å². The maximum absolute atomic E-state index is 12.9. The number of carbonyl (C=O) groups is 1. The van der Waals surface area contributed by atoms with Crippen molar-refractivity contribution in [3.63, 3.8) is 0 Å². The van der Waals surface area contributed by atoms with Crippen LogP contribution in [0.5, 0.6) is 5.88 Å². The molecule has 4 heteroatoms. The highest BCUT2D eigenvalue weighted by atomic mass is 16.5. The fraction of sp³-hybridized carbons (Fsp3) is 0.368. The summed E-state index contributed by atoms with van der Waals surface area (Å²) in [5, 5.41) is 0. The Morgan fingerprint density at radius 2 is 2.04 bits per heavy atom. The summed E-state index contributed by atoms with van der Waals surface area (Å²) in [6, 6.07) is 11.5. The van der Waals surface area contributed by atoms with Gasteiger partial charge in [-0.1, -0.05) is 18.2 Å². The number of benzene rings is 1. The summed E-state index contributed by atoms with van der Waals surface area (Å²) in [7, 11) is 1.62. The minimum atomic E-state index is 0.0925. The van der Waals surface area contributed by atoms with Crippen molar-refractivity contribution >= 4 is 5.91 Å². The lowest BCUT2D eigenvalue weighted by Crippen LogP contribution is -2.38. The second kappa shape index (κ2) is 6.82. The fourth-order valence-electron chi connectivity index (χ4n) is 3.25. The number of rotatable bonds is 3. The number of carbonyl (C=O) groups excluding carboxylic acids is 1. The van der Waals surface area contributed by atoms with Crippen LogP contribution in [-0.2, 0) is 0 Å². The first-order chi connectivity index (χ1) is 11.2. The van der Waals surface area contributed by atoms with E-state index in [0.29, 0.717) is 5.88 Å². The Kier molecular flexibility index (Phi) is 4.60. The molecule has 1 unspecified atom stereocenters. The van der Waals surface area contributed by atoms with E-state index >= 15 is 0 Å². The molecule has 1 aliphatic rings. The number of pyridine rings is 1. The monoisotopic (exact) mass is 310 g/mol. The third-order valence-electron chi connectivity index (χ3n) is 4.48. The predicted octanol–water partition coefficient (Wildman–Crippen LogP) is 3.77. The van der Waals surface area contributed by atoms with Crippen LogP contribution >= 0.6 is 0 Å². The van der Waals surface area contributed by atoms with E-state index in [9.17, 15) is 4.79 Å².